The van der Waals surface area contributed by atoms with Crippen molar-refractivity contribution in [2.45, 2.75) is 32.9 Å². The Hall–Kier alpha value is -2.89. The van der Waals surface area contributed by atoms with E-state index in [1.807, 2.05) is 0 Å². The Balaban J connectivity index is 2.49. The van der Waals surface area contributed by atoms with Crippen LogP contribution < -0.4 is 9.62 Å². The molecular formula is C22H26Cl2N4O6S. The molecule has 13 heteroatoms. The van der Waals surface area contributed by atoms with Crippen molar-refractivity contribution in [3.05, 3.63) is 68.2 Å². The zero-order valence-corrected chi connectivity index (χ0v) is 21.7. The van der Waals surface area contributed by atoms with E-state index in [0.29, 0.717) is 17.1 Å². The minimum Gasteiger partial charge on any atom is -0.355 e. The largest absolute Gasteiger partial charge is 0.355 e. The van der Waals surface area contributed by atoms with Gasteiger partial charge in [-0.1, -0.05) is 42.3 Å². The summed E-state index contributed by atoms with van der Waals surface area (Å²) in [5, 5.41) is 14.4. The van der Waals surface area contributed by atoms with Gasteiger partial charge >= 0.3 is 0 Å². The number of nitrogens with zero attached hydrogens (tertiary/aromatic N) is 3. The quantitative estimate of drug-likeness (QED) is 0.339. The summed E-state index contributed by atoms with van der Waals surface area (Å²) in [5.74, 6) is -1.07. The maximum absolute atomic E-state index is 13.5. The molecular weight excluding hydrogens is 519 g/mol. The Kier molecular flexibility index (Phi) is 9.87. The number of nitro benzene ring substituents is 1. The second kappa shape index (κ2) is 12.2. The highest BCUT2D eigenvalue weighted by Gasteiger charge is 2.32. The summed E-state index contributed by atoms with van der Waals surface area (Å²) in [6, 6.07) is 8.82. The molecule has 0 radical (unpaired) electrons. The van der Waals surface area contributed by atoms with Crippen molar-refractivity contribution in [3.8, 4) is 0 Å². The lowest BCUT2D eigenvalue weighted by Gasteiger charge is -2.32. The number of hydrogen-bond acceptors (Lipinski definition) is 6. The molecule has 10 nitrogen and oxygen atoms in total. The summed E-state index contributed by atoms with van der Waals surface area (Å²) in [6.07, 6.45) is 1.15. The normalized spacial score (nSPS) is 12.0. The fourth-order valence-corrected chi connectivity index (χ4v) is 4.58. The summed E-state index contributed by atoms with van der Waals surface area (Å²) in [6.45, 7) is 3.09. The number of non-ortho nitro benzene ring substituents is 1. The molecule has 1 atom stereocenters. The Morgan fingerprint density at radius 1 is 1.11 bits per heavy atom. The van der Waals surface area contributed by atoms with Crippen molar-refractivity contribution in [2.24, 2.45) is 0 Å². The molecule has 2 aromatic carbocycles. The lowest BCUT2D eigenvalue weighted by atomic mass is 10.1. The fourth-order valence-electron chi connectivity index (χ4n) is 3.42. The van der Waals surface area contributed by atoms with Crippen LogP contribution in [-0.2, 0) is 26.2 Å². The number of hydrogen-bond donors (Lipinski definition) is 1. The van der Waals surface area contributed by atoms with E-state index in [1.54, 1.807) is 32.0 Å². The molecule has 0 fully saturated rings. The van der Waals surface area contributed by atoms with Crippen LogP contribution in [-0.4, -0.2) is 55.4 Å². The standard InChI is InChI=1S/C22H26Cl2N4O6S/c1-4-20(22(30)25-5-2)26(13-15-9-10-18(23)19(24)11-15)21(29)14-27(35(3,33)34)16-7-6-8-17(12-16)28(31)32/h6-12,20H,4-5,13-14H2,1-3H3,(H,25,30)/t20-/m0/s1. The van der Waals surface area contributed by atoms with Gasteiger partial charge in [0.15, 0.2) is 0 Å². The Morgan fingerprint density at radius 3 is 2.34 bits per heavy atom. The lowest BCUT2D eigenvalue weighted by molar-refractivity contribution is -0.384. The lowest BCUT2D eigenvalue weighted by Crippen LogP contribution is -2.52. The summed E-state index contributed by atoms with van der Waals surface area (Å²) >= 11 is 12.1. The maximum atomic E-state index is 13.5. The van der Waals surface area contributed by atoms with Crippen LogP contribution in [0.3, 0.4) is 0 Å². The highest BCUT2D eigenvalue weighted by molar-refractivity contribution is 7.92. The average Bonchev–Trinajstić information content (AvgIpc) is 2.79. The molecule has 0 bridgehead atoms. The molecule has 190 valence electrons. The van der Waals surface area contributed by atoms with E-state index in [4.69, 9.17) is 23.2 Å². The van der Waals surface area contributed by atoms with Crippen LogP contribution in [0.2, 0.25) is 10.0 Å². The number of halogens is 2. The second-order valence-corrected chi connectivity index (χ2v) is 10.4. The SMILES string of the molecule is CCNC(=O)[C@H](CC)N(Cc1ccc(Cl)c(Cl)c1)C(=O)CN(c1cccc([N+](=O)[O-])c1)S(C)(=O)=O. The molecule has 0 heterocycles. The zero-order chi connectivity index (χ0) is 26.3. The fraction of sp³-hybridized carbons (Fsp3) is 0.364. The van der Waals surface area contributed by atoms with Crippen LogP contribution >= 0.6 is 23.2 Å². The number of rotatable bonds is 11. The first-order valence-electron chi connectivity index (χ1n) is 10.6. The van der Waals surface area contributed by atoms with E-state index in [1.165, 1.54) is 23.1 Å². The topological polar surface area (TPSA) is 130 Å². The van der Waals surface area contributed by atoms with Crippen molar-refractivity contribution >= 4 is 56.4 Å². The van der Waals surface area contributed by atoms with Crippen LogP contribution in [0.4, 0.5) is 11.4 Å². The van der Waals surface area contributed by atoms with Gasteiger partial charge in [-0.2, -0.15) is 0 Å². The van der Waals surface area contributed by atoms with E-state index >= 15 is 0 Å². The second-order valence-electron chi connectivity index (χ2n) is 7.64. The van der Waals surface area contributed by atoms with E-state index in [9.17, 15) is 28.1 Å². The van der Waals surface area contributed by atoms with Gasteiger partial charge in [-0.15, -0.1) is 0 Å². The van der Waals surface area contributed by atoms with Gasteiger partial charge in [0.2, 0.25) is 21.8 Å². The van der Waals surface area contributed by atoms with Crippen LogP contribution in [0.15, 0.2) is 42.5 Å². The third-order valence-corrected chi connectivity index (χ3v) is 6.96. The van der Waals surface area contributed by atoms with Gasteiger partial charge in [0.25, 0.3) is 5.69 Å². The van der Waals surface area contributed by atoms with E-state index in [2.05, 4.69) is 5.32 Å². The van der Waals surface area contributed by atoms with Gasteiger partial charge < -0.3 is 10.2 Å². The van der Waals surface area contributed by atoms with E-state index < -0.39 is 39.3 Å². The van der Waals surface area contributed by atoms with Gasteiger partial charge in [-0.25, -0.2) is 8.42 Å². The molecule has 0 aliphatic heterocycles. The number of benzene rings is 2. The van der Waals surface area contributed by atoms with Crippen LogP contribution in [0.5, 0.6) is 0 Å². The van der Waals surface area contributed by atoms with Gasteiger partial charge in [-0.3, -0.25) is 24.0 Å². The molecule has 1 N–H and O–H groups in total. The molecule has 2 amide bonds. The number of likely N-dealkylation sites (N-methyl/N-ethyl adjacent to an activating group) is 1. The van der Waals surface area contributed by atoms with Crippen LogP contribution in [0, 0.1) is 10.1 Å². The Morgan fingerprint density at radius 2 is 1.80 bits per heavy atom. The number of amides is 2. The van der Waals surface area contributed by atoms with Crippen molar-refractivity contribution in [3.63, 3.8) is 0 Å². The molecule has 2 aromatic rings. The van der Waals surface area contributed by atoms with Gasteiger partial charge in [-0.05, 0) is 37.1 Å². The molecule has 0 spiro atoms. The number of nitro groups is 1. The van der Waals surface area contributed by atoms with Gasteiger partial charge in [0, 0.05) is 25.2 Å². The highest BCUT2D eigenvalue weighted by atomic mass is 35.5. The zero-order valence-electron chi connectivity index (χ0n) is 19.4. The van der Waals surface area contributed by atoms with Crippen molar-refractivity contribution in [2.75, 3.05) is 23.7 Å². The van der Waals surface area contributed by atoms with Gasteiger partial charge in [0.05, 0.1) is 26.9 Å². The van der Waals surface area contributed by atoms with Crippen molar-refractivity contribution in [1.29, 1.82) is 0 Å². The molecule has 35 heavy (non-hydrogen) atoms. The Bertz CT molecular complexity index is 1210. The number of anilines is 1. The summed E-state index contributed by atoms with van der Waals surface area (Å²) < 4.78 is 25.9. The molecule has 0 saturated carbocycles. The third kappa shape index (κ3) is 7.55. The molecule has 0 unspecified atom stereocenters. The highest BCUT2D eigenvalue weighted by Crippen LogP contribution is 2.26. The minimum atomic E-state index is -4.01. The van der Waals surface area contributed by atoms with E-state index in [0.717, 1.165) is 16.6 Å². The van der Waals surface area contributed by atoms with Crippen molar-refractivity contribution < 1.29 is 22.9 Å². The van der Waals surface area contributed by atoms with Crippen LogP contribution in [0.1, 0.15) is 25.8 Å². The molecule has 0 aromatic heterocycles. The van der Waals surface area contributed by atoms with Crippen molar-refractivity contribution in [1.82, 2.24) is 10.2 Å². The number of carbonyl (C=O) groups excluding carboxylic acids is 2. The molecule has 0 aliphatic rings. The van der Waals surface area contributed by atoms with E-state index in [-0.39, 0.29) is 29.4 Å². The molecule has 0 aliphatic carbocycles. The predicted molar refractivity (Wildman–Crippen MR) is 135 cm³/mol. The molecule has 0 saturated heterocycles. The Labute approximate surface area is 214 Å². The third-order valence-electron chi connectivity index (χ3n) is 5.08. The average molecular weight is 545 g/mol. The number of nitrogens with one attached hydrogen (secondary N) is 1. The summed E-state index contributed by atoms with van der Waals surface area (Å²) in [4.78, 5) is 38.0. The summed E-state index contributed by atoms with van der Waals surface area (Å²) in [5.41, 5.74) is 0.206. The maximum Gasteiger partial charge on any atom is 0.271 e. The van der Waals surface area contributed by atoms with Gasteiger partial charge in [0.1, 0.15) is 12.6 Å². The number of carbonyl (C=O) groups is 2. The first-order chi connectivity index (χ1) is 16.4. The summed E-state index contributed by atoms with van der Waals surface area (Å²) in [7, 11) is -4.01. The smallest absolute Gasteiger partial charge is 0.271 e. The van der Waals surface area contributed by atoms with Crippen LogP contribution in [0.25, 0.3) is 0 Å². The predicted octanol–water partition coefficient (Wildman–Crippen LogP) is 3.61. The first kappa shape index (κ1) is 28.3. The minimum absolute atomic E-state index is 0.0437. The monoisotopic (exact) mass is 544 g/mol. The molecule has 2 rings (SSSR count). The first-order valence-corrected chi connectivity index (χ1v) is 13.2. The number of sulfonamides is 1.